The molecule has 4 heteroatoms. The fourth-order valence-corrected chi connectivity index (χ4v) is 2.18. The fourth-order valence-electron chi connectivity index (χ4n) is 2.18. The Bertz CT molecular complexity index is 324. The third-order valence-corrected chi connectivity index (χ3v) is 3.18. The summed E-state index contributed by atoms with van der Waals surface area (Å²) in [6, 6.07) is 0.437. The maximum atomic E-state index is 5.59. The summed E-state index contributed by atoms with van der Waals surface area (Å²) >= 11 is 0. The van der Waals surface area contributed by atoms with Crippen LogP contribution in [-0.4, -0.2) is 28.8 Å². The molecule has 0 aliphatic carbocycles. The maximum Gasteiger partial charge on any atom is 0.203 e. The Morgan fingerprint density at radius 3 is 3.19 bits per heavy atom. The van der Waals surface area contributed by atoms with Gasteiger partial charge >= 0.3 is 0 Å². The number of hydrogen-bond acceptors (Lipinski definition) is 3. The molecule has 1 aliphatic rings. The van der Waals surface area contributed by atoms with Gasteiger partial charge in [-0.25, -0.2) is 4.98 Å². The van der Waals surface area contributed by atoms with Crippen molar-refractivity contribution >= 4 is 5.95 Å². The second-order valence-electron chi connectivity index (χ2n) is 4.37. The zero-order valence-electron chi connectivity index (χ0n) is 10.1. The number of nitrogens with zero attached hydrogens (tertiary/aromatic N) is 2. The molecule has 0 amide bonds. The van der Waals surface area contributed by atoms with Crippen molar-refractivity contribution in [2.75, 3.05) is 18.5 Å². The molecule has 1 N–H and O–H groups in total. The first kappa shape index (κ1) is 11.5. The van der Waals surface area contributed by atoms with E-state index in [1.165, 1.54) is 12.8 Å². The highest BCUT2D eigenvalue weighted by Crippen LogP contribution is 2.28. The molecule has 90 valence electrons. The van der Waals surface area contributed by atoms with E-state index in [0.29, 0.717) is 12.1 Å². The van der Waals surface area contributed by atoms with Gasteiger partial charge in [0.25, 0.3) is 0 Å². The molecule has 0 bridgehead atoms. The second kappa shape index (κ2) is 5.34. The van der Waals surface area contributed by atoms with Crippen LogP contribution in [0.2, 0.25) is 0 Å². The van der Waals surface area contributed by atoms with Crippen molar-refractivity contribution < 1.29 is 4.74 Å². The Hall–Kier alpha value is -1.03. The van der Waals surface area contributed by atoms with Gasteiger partial charge in [-0.15, -0.1) is 0 Å². The monoisotopic (exact) mass is 223 g/mol. The molecule has 0 spiro atoms. The second-order valence-corrected chi connectivity index (χ2v) is 4.37. The van der Waals surface area contributed by atoms with E-state index in [-0.39, 0.29) is 0 Å². The van der Waals surface area contributed by atoms with Gasteiger partial charge in [0, 0.05) is 25.5 Å². The summed E-state index contributed by atoms with van der Waals surface area (Å²) in [7, 11) is 0. The van der Waals surface area contributed by atoms with Crippen LogP contribution in [0, 0.1) is 0 Å². The zero-order chi connectivity index (χ0) is 11.4. The molecule has 1 aromatic heterocycles. The summed E-state index contributed by atoms with van der Waals surface area (Å²) in [5, 5.41) is 3.39. The van der Waals surface area contributed by atoms with Gasteiger partial charge < -0.3 is 14.6 Å². The molecule has 2 unspecified atom stereocenters. The van der Waals surface area contributed by atoms with E-state index in [2.05, 4.69) is 28.7 Å². The smallest absolute Gasteiger partial charge is 0.203 e. The zero-order valence-corrected chi connectivity index (χ0v) is 10.1. The molecule has 2 heterocycles. The number of unbranched alkanes of at least 4 members (excludes halogenated alkanes) is 1. The van der Waals surface area contributed by atoms with Gasteiger partial charge in [0.1, 0.15) is 0 Å². The Balaban J connectivity index is 2.00. The maximum absolute atomic E-state index is 5.59. The number of ether oxygens (including phenoxy) is 1. The lowest BCUT2D eigenvalue weighted by atomic mass is 10.1. The van der Waals surface area contributed by atoms with Crippen molar-refractivity contribution in [3.8, 4) is 0 Å². The van der Waals surface area contributed by atoms with Crippen LogP contribution in [0.3, 0.4) is 0 Å². The molecular formula is C12H21N3O. The Kier molecular flexibility index (Phi) is 3.83. The van der Waals surface area contributed by atoms with E-state index in [4.69, 9.17) is 4.74 Å². The Morgan fingerprint density at radius 1 is 1.62 bits per heavy atom. The average molecular weight is 223 g/mol. The summed E-state index contributed by atoms with van der Waals surface area (Å²) in [5.41, 5.74) is 0. The minimum absolute atomic E-state index is 0.293. The lowest BCUT2D eigenvalue weighted by Crippen LogP contribution is -2.19. The van der Waals surface area contributed by atoms with E-state index in [9.17, 15) is 0 Å². The Labute approximate surface area is 97.0 Å². The Morgan fingerprint density at radius 2 is 2.50 bits per heavy atom. The number of rotatable bonds is 5. The van der Waals surface area contributed by atoms with E-state index >= 15 is 0 Å². The largest absolute Gasteiger partial charge is 0.376 e. The van der Waals surface area contributed by atoms with Gasteiger partial charge in [-0.2, -0.15) is 0 Å². The lowest BCUT2D eigenvalue weighted by Gasteiger charge is -2.18. The number of hydrogen-bond donors (Lipinski definition) is 1. The highest BCUT2D eigenvalue weighted by Gasteiger charge is 2.27. The van der Waals surface area contributed by atoms with Gasteiger partial charge in [-0.3, -0.25) is 0 Å². The molecule has 0 radical (unpaired) electrons. The molecule has 1 aromatic rings. The van der Waals surface area contributed by atoms with Crippen LogP contribution in [-0.2, 0) is 4.74 Å². The standard InChI is InChI=1S/C12H21N3O/c1-3-4-6-13-12-14-7-8-15(12)11-5-9-16-10(11)2/h7-8,10-11H,3-6,9H2,1-2H3,(H,13,14). The predicted octanol–water partition coefficient (Wildman–Crippen LogP) is 2.45. The average Bonchev–Trinajstić information content (AvgIpc) is 2.87. The van der Waals surface area contributed by atoms with Crippen molar-refractivity contribution in [2.45, 2.75) is 45.3 Å². The number of imidazole rings is 1. The van der Waals surface area contributed by atoms with Crippen molar-refractivity contribution in [1.82, 2.24) is 9.55 Å². The van der Waals surface area contributed by atoms with Crippen LogP contribution in [0.1, 0.15) is 39.2 Å². The molecule has 4 nitrogen and oxygen atoms in total. The first-order valence-electron chi connectivity index (χ1n) is 6.21. The summed E-state index contributed by atoms with van der Waals surface area (Å²) in [4.78, 5) is 4.36. The third-order valence-electron chi connectivity index (χ3n) is 3.18. The van der Waals surface area contributed by atoms with Gasteiger partial charge in [0.2, 0.25) is 5.95 Å². The summed E-state index contributed by atoms with van der Waals surface area (Å²) in [6.07, 6.45) is 7.67. The topological polar surface area (TPSA) is 39.1 Å². The normalized spacial score (nSPS) is 24.9. The van der Waals surface area contributed by atoms with Crippen molar-refractivity contribution in [3.05, 3.63) is 12.4 Å². The summed E-state index contributed by atoms with van der Waals surface area (Å²) in [5.74, 6) is 0.982. The van der Waals surface area contributed by atoms with E-state index < -0.39 is 0 Å². The van der Waals surface area contributed by atoms with Crippen molar-refractivity contribution in [3.63, 3.8) is 0 Å². The predicted molar refractivity (Wildman–Crippen MR) is 64.7 cm³/mol. The van der Waals surface area contributed by atoms with Crippen LogP contribution < -0.4 is 5.32 Å². The number of aromatic nitrogens is 2. The van der Waals surface area contributed by atoms with Gasteiger partial charge in [-0.05, 0) is 19.8 Å². The summed E-state index contributed by atoms with van der Waals surface area (Å²) in [6.45, 7) is 6.18. The van der Waals surface area contributed by atoms with E-state index in [1.54, 1.807) is 0 Å². The number of anilines is 1. The third kappa shape index (κ3) is 2.38. The summed E-state index contributed by atoms with van der Waals surface area (Å²) < 4.78 is 7.81. The van der Waals surface area contributed by atoms with Crippen molar-refractivity contribution in [2.24, 2.45) is 0 Å². The van der Waals surface area contributed by atoms with E-state index in [0.717, 1.165) is 25.5 Å². The van der Waals surface area contributed by atoms with Crippen LogP contribution in [0.4, 0.5) is 5.95 Å². The fraction of sp³-hybridized carbons (Fsp3) is 0.750. The van der Waals surface area contributed by atoms with Gasteiger partial charge in [0.15, 0.2) is 0 Å². The SMILES string of the molecule is CCCCNc1nccn1C1CCOC1C. The van der Waals surface area contributed by atoms with E-state index in [1.807, 2.05) is 12.4 Å². The molecule has 1 saturated heterocycles. The molecular weight excluding hydrogens is 202 g/mol. The molecule has 16 heavy (non-hydrogen) atoms. The van der Waals surface area contributed by atoms with Crippen LogP contribution in [0.15, 0.2) is 12.4 Å². The van der Waals surface area contributed by atoms with Gasteiger partial charge in [0.05, 0.1) is 12.1 Å². The van der Waals surface area contributed by atoms with Gasteiger partial charge in [-0.1, -0.05) is 13.3 Å². The minimum atomic E-state index is 0.293. The molecule has 0 aromatic carbocycles. The first-order chi connectivity index (χ1) is 7.83. The first-order valence-corrected chi connectivity index (χ1v) is 6.21. The molecule has 1 fully saturated rings. The highest BCUT2D eigenvalue weighted by atomic mass is 16.5. The minimum Gasteiger partial charge on any atom is -0.376 e. The highest BCUT2D eigenvalue weighted by molar-refractivity contribution is 5.27. The quantitative estimate of drug-likeness (QED) is 0.779. The number of nitrogens with one attached hydrogen (secondary N) is 1. The molecule has 1 aliphatic heterocycles. The molecule has 2 rings (SSSR count). The van der Waals surface area contributed by atoms with Crippen molar-refractivity contribution in [1.29, 1.82) is 0 Å². The van der Waals surface area contributed by atoms with Crippen LogP contribution in [0.25, 0.3) is 0 Å². The lowest BCUT2D eigenvalue weighted by molar-refractivity contribution is 0.108. The molecule has 2 atom stereocenters. The van der Waals surface area contributed by atoms with Crippen LogP contribution >= 0.6 is 0 Å². The van der Waals surface area contributed by atoms with Crippen LogP contribution in [0.5, 0.6) is 0 Å². The molecule has 0 saturated carbocycles.